The molecule has 160 valence electrons. The number of nitrogens with zero attached hydrogens (tertiary/aromatic N) is 3. The fraction of sp³-hybridized carbons (Fsp3) is 0.476. The van der Waals surface area contributed by atoms with Crippen LogP contribution in [0, 0.1) is 0 Å². The average Bonchev–Trinajstić information content (AvgIpc) is 3.31. The van der Waals surface area contributed by atoms with Crippen LogP contribution in [0.2, 0.25) is 0 Å². The maximum atomic E-state index is 12.6. The van der Waals surface area contributed by atoms with Crippen LogP contribution in [0.1, 0.15) is 38.2 Å². The largest absolute Gasteiger partial charge is 0.335 e. The van der Waals surface area contributed by atoms with Gasteiger partial charge in [0.25, 0.3) is 0 Å². The summed E-state index contributed by atoms with van der Waals surface area (Å²) in [6.07, 6.45) is 3.88. The molecule has 1 aromatic rings. The number of imide groups is 2. The third kappa shape index (κ3) is 4.34. The molecule has 0 unspecified atom stereocenters. The molecule has 0 radical (unpaired) electrons. The summed E-state index contributed by atoms with van der Waals surface area (Å²) < 4.78 is 0. The van der Waals surface area contributed by atoms with E-state index in [1.807, 2.05) is 19.1 Å². The Labute approximate surface area is 175 Å². The van der Waals surface area contributed by atoms with Gasteiger partial charge in [0.05, 0.1) is 6.54 Å². The van der Waals surface area contributed by atoms with E-state index in [0.29, 0.717) is 23.4 Å². The van der Waals surface area contributed by atoms with E-state index < -0.39 is 36.2 Å². The second-order valence-electron chi connectivity index (χ2n) is 7.60. The standard InChI is InChI=1S/C21H26N4O5/c1-3-14-8-4-7-11-16(14)22-17(26)12-23(2)18(27)13-24-19(28)20(29)25(21(24)30)15-9-5-6-10-15/h4,7-8,11,15H,3,5-6,9-10,12-13H2,1-2H3,(H,22,26). The summed E-state index contributed by atoms with van der Waals surface area (Å²) in [6.45, 7) is 1.16. The molecule has 1 aliphatic carbocycles. The Kier molecular flexibility index (Phi) is 6.49. The second kappa shape index (κ2) is 9.06. The van der Waals surface area contributed by atoms with Crippen molar-refractivity contribution >= 4 is 35.3 Å². The fourth-order valence-corrected chi connectivity index (χ4v) is 3.85. The number of hydrogen-bond donors (Lipinski definition) is 1. The number of anilines is 1. The summed E-state index contributed by atoms with van der Waals surface area (Å²) in [5.74, 6) is -2.86. The topological polar surface area (TPSA) is 107 Å². The lowest BCUT2D eigenvalue weighted by Crippen LogP contribution is -2.45. The molecule has 2 aliphatic rings. The Balaban J connectivity index is 1.58. The monoisotopic (exact) mass is 414 g/mol. The van der Waals surface area contributed by atoms with Crippen molar-refractivity contribution in [1.29, 1.82) is 0 Å². The first-order chi connectivity index (χ1) is 14.3. The number of para-hydroxylation sites is 1. The predicted molar refractivity (Wildman–Crippen MR) is 108 cm³/mol. The van der Waals surface area contributed by atoms with Gasteiger partial charge in [-0.25, -0.2) is 9.69 Å². The van der Waals surface area contributed by atoms with Gasteiger partial charge in [-0.15, -0.1) is 0 Å². The van der Waals surface area contributed by atoms with E-state index in [2.05, 4.69) is 5.32 Å². The molecule has 1 N–H and O–H groups in total. The average molecular weight is 414 g/mol. The van der Waals surface area contributed by atoms with Gasteiger partial charge in [0.15, 0.2) is 0 Å². The Bertz CT molecular complexity index is 878. The van der Waals surface area contributed by atoms with Crippen LogP contribution >= 0.6 is 0 Å². The zero-order valence-electron chi connectivity index (χ0n) is 17.2. The van der Waals surface area contributed by atoms with Gasteiger partial charge in [-0.2, -0.15) is 0 Å². The normalized spacial score (nSPS) is 17.1. The number of likely N-dealkylation sites (N-methyl/N-ethyl adjacent to an activating group) is 1. The summed E-state index contributed by atoms with van der Waals surface area (Å²) in [5, 5.41) is 2.77. The summed E-state index contributed by atoms with van der Waals surface area (Å²) in [4.78, 5) is 64.7. The lowest BCUT2D eigenvalue weighted by molar-refractivity contribution is -0.145. The van der Waals surface area contributed by atoms with Gasteiger partial charge in [0.1, 0.15) is 6.54 Å². The molecule has 0 atom stereocenters. The molecule has 9 heteroatoms. The molecular weight excluding hydrogens is 388 g/mol. The van der Waals surface area contributed by atoms with Crippen molar-refractivity contribution in [2.75, 3.05) is 25.5 Å². The maximum absolute atomic E-state index is 12.6. The van der Waals surface area contributed by atoms with Crippen LogP contribution in [0.4, 0.5) is 10.5 Å². The lowest BCUT2D eigenvalue weighted by Gasteiger charge is -2.22. The smallest absolute Gasteiger partial charge is 0.334 e. The Hall–Kier alpha value is -3.23. The summed E-state index contributed by atoms with van der Waals surface area (Å²) in [7, 11) is 1.41. The van der Waals surface area contributed by atoms with Crippen LogP contribution in [0.25, 0.3) is 0 Å². The van der Waals surface area contributed by atoms with Crippen molar-refractivity contribution < 1.29 is 24.0 Å². The molecule has 0 spiro atoms. The van der Waals surface area contributed by atoms with Crippen LogP contribution in [0.5, 0.6) is 0 Å². The van der Waals surface area contributed by atoms with Gasteiger partial charge in [-0.3, -0.25) is 24.1 Å². The zero-order valence-corrected chi connectivity index (χ0v) is 17.2. The van der Waals surface area contributed by atoms with Gasteiger partial charge in [0.2, 0.25) is 11.8 Å². The molecule has 0 bridgehead atoms. The second-order valence-corrected chi connectivity index (χ2v) is 7.60. The van der Waals surface area contributed by atoms with Gasteiger partial charge in [-0.1, -0.05) is 38.0 Å². The third-order valence-electron chi connectivity index (χ3n) is 5.55. The third-order valence-corrected chi connectivity index (χ3v) is 5.55. The molecule has 1 aromatic carbocycles. The number of rotatable bonds is 7. The quantitative estimate of drug-likeness (QED) is 0.536. The van der Waals surface area contributed by atoms with Crippen molar-refractivity contribution in [2.45, 2.75) is 45.1 Å². The van der Waals surface area contributed by atoms with E-state index in [1.165, 1.54) is 7.05 Å². The van der Waals surface area contributed by atoms with E-state index in [1.54, 1.807) is 12.1 Å². The van der Waals surface area contributed by atoms with Crippen molar-refractivity contribution in [2.24, 2.45) is 0 Å². The van der Waals surface area contributed by atoms with E-state index >= 15 is 0 Å². The molecule has 1 saturated carbocycles. The number of hydrogen-bond acceptors (Lipinski definition) is 5. The molecule has 1 aliphatic heterocycles. The molecule has 3 rings (SSSR count). The molecule has 1 saturated heterocycles. The first-order valence-corrected chi connectivity index (χ1v) is 10.1. The van der Waals surface area contributed by atoms with Crippen LogP contribution in [-0.2, 0) is 25.6 Å². The van der Waals surface area contributed by atoms with E-state index in [-0.39, 0.29) is 12.6 Å². The Morgan fingerprint density at radius 1 is 1.10 bits per heavy atom. The SMILES string of the molecule is CCc1ccccc1NC(=O)CN(C)C(=O)CN1C(=O)C(=O)N(C2CCCC2)C1=O. The van der Waals surface area contributed by atoms with Crippen LogP contribution in [0.3, 0.4) is 0 Å². The van der Waals surface area contributed by atoms with Crippen molar-refractivity contribution in [3.63, 3.8) is 0 Å². The Morgan fingerprint density at radius 2 is 1.77 bits per heavy atom. The molecule has 1 heterocycles. The number of amides is 6. The van der Waals surface area contributed by atoms with E-state index in [0.717, 1.165) is 34.6 Å². The summed E-state index contributed by atoms with van der Waals surface area (Å²) in [6, 6.07) is 6.34. The molecular formula is C21H26N4O5. The predicted octanol–water partition coefficient (Wildman–Crippen LogP) is 1.38. The number of benzene rings is 1. The number of urea groups is 1. The van der Waals surface area contributed by atoms with E-state index in [4.69, 9.17) is 0 Å². The van der Waals surface area contributed by atoms with Crippen LogP contribution in [-0.4, -0.2) is 70.5 Å². The zero-order chi connectivity index (χ0) is 21.8. The molecule has 6 amide bonds. The maximum Gasteiger partial charge on any atom is 0.334 e. The number of nitrogens with one attached hydrogen (secondary N) is 1. The highest BCUT2D eigenvalue weighted by Crippen LogP contribution is 2.27. The molecule has 0 aromatic heterocycles. The highest BCUT2D eigenvalue weighted by molar-refractivity contribution is 6.45. The lowest BCUT2D eigenvalue weighted by atomic mass is 10.1. The van der Waals surface area contributed by atoms with Gasteiger partial charge in [0, 0.05) is 18.8 Å². The number of aryl methyl sites for hydroxylation is 1. The number of carbonyl (C=O) groups excluding carboxylic acids is 5. The summed E-state index contributed by atoms with van der Waals surface area (Å²) >= 11 is 0. The number of carbonyl (C=O) groups is 5. The van der Waals surface area contributed by atoms with Gasteiger partial charge < -0.3 is 10.2 Å². The first kappa shape index (κ1) is 21.5. The highest BCUT2D eigenvalue weighted by atomic mass is 16.2. The fourth-order valence-electron chi connectivity index (χ4n) is 3.85. The minimum atomic E-state index is -0.991. The minimum Gasteiger partial charge on any atom is -0.335 e. The van der Waals surface area contributed by atoms with E-state index in [9.17, 15) is 24.0 Å². The van der Waals surface area contributed by atoms with Crippen molar-refractivity contribution in [1.82, 2.24) is 14.7 Å². The van der Waals surface area contributed by atoms with Crippen LogP contribution < -0.4 is 5.32 Å². The summed E-state index contributed by atoms with van der Waals surface area (Å²) in [5.41, 5.74) is 1.65. The van der Waals surface area contributed by atoms with Crippen LogP contribution in [0.15, 0.2) is 24.3 Å². The van der Waals surface area contributed by atoms with Crippen molar-refractivity contribution in [3.8, 4) is 0 Å². The van der Waals surface area contributed by atoms with Gasteiger partial charge >= 0.3 is 17.8 Å². The molecule has 9 nitrogen and oxygen atoms in total. The van der Waals surface area contributed by atoms with Gasteiger partial charge in [-0.05, 0) is 30.9 Å². The minimum absolute atomic E-state index is 0.243. The molecule has 2 fully saturated rings. The van der Waals surface area contributed by atoms with Crippen molar-refractivity contribution in [3.05, 3.63) is 29.8 Å². The highest BCUT2D eigenvalue weighted by Gasteiger charge is 2.48. The molecule has 30 heavy (non-hydrogen) atoms. The first-order valence-electron chi connectivity index (χ1n) is 10.1. The Morgan fingerprint density at radius 3 is 2.43 bits per heavy atom.